The summed E-state index contributed by atoms with van der Waals surface area (Å²) in [6.45, 7) is 4.66. The molecule has 0 aliphatic rings. The van der Waals surface area contributed by atoms with Crippen LogP contribution in [-0.4, -0.2) is 29.5 Å². The van der Waals surface area contributed by atoms with Gasteiger partial charge in [0.25, 0.3) is 11.5 Å². The van der Waals surface area contributed by atoms with Gasteiger partial charge < -0.3 is 15.0 Å². The molecule has 0 bridgehead atoms. The minimum absolute atomic E-state index is 0.200. The van der Waals surface area contributed by atoms with Crippen LogP contribution in [0.4, 0.5) is 0 Å². The Hall–Kier alpha value is -1.73. The Bertz CT molecular complexity index is 690. The Morgan fingerprint density at radius 1 is 1.50 bits per heavy atom. The van der Waals surface area contributed by atoms with Gasteiger partial charge in [0.1, 0.15) is 17.3 Å². The normalized spacial score (nSPS) is 10.9. The smallest absolute Gasteiger partial charge is 0.261 e. The standard InChI is InChI=1S/C13H17N3O3S/c1-4-5-19-6-8-15-11(17)9-7(2)10(12(18)14-3)20-13(9)16-8/h4-6H2,1-3H3,(H,14,18)(H,15,16,17). The van der Waals surface area contributed by atoms with Crippen LogP contribution in [-0.2, 0) is 11.3 Å². The minimum Gasteiger partial charge on any atom is -0.374 e. The maximum Gasteiger partial charge on any atom is 0.261 e. The van der Waals surface area contributed by atoms with Crippen molar-refractivity contribution in [2.45, 2.75) is 26.9 Å². The average Bonchev–Trinajstić information content (AvgIpc) is 2.76. The number of thiophene rings is 1. The number of fused-ring (bicyclic) bond motifs is 1. The first kappa shape index (κ1) is 14.7. The molecule has 1 amide bonds. The van der Waals surface area contributed by atoms with Gasteiger partial charge in [-0.1, -0.05) is 6.92 Å². The Kier molecular flexibility index (Phi) is 4.51. The molecule has 2 heterocycles. The molecule has 2 aromatic rings. The first-order chi connectivity index (χ1) is 9.58. The van der Waals surface area contributed by atoms with Crippen molar-refractivity contribution >= 4 is 27.5 Å². The molecule has 0 saturated carbocycles. The van der Waals surface area contributed by atoms with E-state index in [1.807, 2.05) is 6.92 Å². The first-order valence-corrected chi connectivity index (χ1v) is 7.22. The number of hydrogen-bond acceptors (Lipinski definition) is 5. The Balaban J connectivity index is 2.45. The summed E-state index contributed by atoms with van der Waals surface area (Å²) in [5.41, 5.74) is 0.438. The summed E-state index contributed by atoms with van der Waals surface area (Å²) in [5, 5.41) is 3.05. The third-order valence-corrected chi connectivity index (χ3v) is 4.05. The molecule has 0 aromatic carbocycles. The van der Waals surface area contributed by atoms with Crippen LogP contribution in [0.2, 0.25) is 0 Å². The van der Waals surface area contributed by atoms with E-state index in [1.54, 1.807) is 14.0 Å². The summed E-state index contributed by atoms with van der Waals surface area (Å²) in [4.78, 5) is 32.0. The molecule has 2 N–H and O–H groups in total. The van der Waals surface area contributed by atoms with Crippen molar-refractivity contribution in [3.8, 4) is 0 Å². The van der Waals surface area contributed by atoms with Crippen LogP contribution in [0.3, 0.4) is 0 Å². The summed E-state index contributed by atoms with van der Waals surface area (Å²) in [5.74, 6) is 0.286. The van der Waals surface area contributed by atoms with Crippen molar-refractivity contribution in [2.75, 3.05) is 13.7 Å². The van der Waals surface area contributed by atoms with Gasteiger partial charge in [0, 0.05) is 13.7 Å². The third kappa shape index (κ3) is 2.73. The third-order valence-electron chi connectivity index (χ3n) is 2.87. The molecule has 108 valence electrons. The largest absolute Gasteiger partial charge is 0.374 e. The lowest BCUT2D eigenvalue weighted by Gasteiger charge is -2.01. The van der Waals surface area contributed by atoms with Gasteiger partial charge in [-0.3, -0.25) is 9.59 Å². The number of hydrogen-bond donors (Lipinski definition) is 2. The molecule has 0 radical (unpaired) electrons. The number of aryl methyl sites for hydroxylation is 1. The zero-order valence-electron chi connectivity index (χ0n) is 11.7. The number of nitrogens with one attached hydrogen (secondary N) is 2. The number of ether oxygens (including phenoxy) is 1. The van der Waals surface area contributed by atoms with Crippen molar-refractivity contribution in [2.24, 2.45) is 0 Å². The van der Waals surface area contributed by atoms with Gasteiger partial charge in [0.15, 0.2) is 0 Å². The van der Waals surface area contributed by atoms with Gasteiger partial charge in [0.2, 0.25) is 0 Å². The topological polar surface area (TPSA) is 84.1 Å². The van der Waals surface area contributed by atoms with Crippen LogP contribution in [0.1, 0.15) is 34.4 Å². The van der Waals surface area contributed by atoms with Gasteiger partial charge in [-0.15, -0.1) is 11.3 Å². The van der Waals surface area contributed by atoms with Crippen LogP contribution in [0, 0.1) is 6.92 Å². The predicted molar refractivity (Wildman–Crippen MR) is 78.3 cm³/mol. The second-order valence-electron chi connectivity index (χ2n) is 4.38. The quantitative estimate of drug-likeness (QED) is 0.820. The van der Waals surface area contributed by atoms with E-state index in [2.05, 4.69) is 15.3 Å². The molecule has 7 heteroatoms. The highest BCUT2D eigenvalue weighted by atomic mass is 32.1. The number of amides is 1. The van der Waals surface area contributed by atoms with Gasteiger partial charge in [-0.2, -0.15) is 0 Å². The molecule has 0 atom stereocenters. The molecule has 0 unspecified atom stereocenters. The highest BCUT2D eigenvalue weighted by Gasteiger charge is 2.18. The fourth-order valence-corrected chi connectivity index (χ4v) is 3.05. The van der Waals surface area contributed by atoms with E-state index >= 15 is 0 Å². The summed E-state index contributed by atoms with van der Waals surface area (Å²) in [7, 11) is 1.56. The van der Waals surface area contributed by atoms with Crippen molar-refractivity contribution in [1.29, 1.82) is 0 Å². The maximum absolute atomic E-state index is 12.1. The maximum atomic E-state index is 12.1. The molecule has 2 rings (SSSR count). The van der Waals surface area contributed by atoms with Gasteiger partial charge in [0.05, 0.1) is 10.3 Å². The average molecular weight is 295 g/mol. The molecular formula is C13H17N3O3S. The highest BCUT2D eigenvalue weighted by Crippen LogP contribution is 2.26. The molecule has 0 spiro atoms. The molecule has 0 saturated heterocycles. The Morgan fingerprint density at radius 2 is 2.25 bits per heavy atom. The van der Waals surface area contributed by atoms with Crippen molar-refractivity contribution < 1.29 is 9.53 Å². The number of rotatable bonds is 5. The lowest BCUT2D eigenvalue weighted by molar-refractivity contribution is 0.0966. The second-order valence-corrected chi connectivity index (χ2v) is 5.38. The van der Waals surface area contributed by atoms with Crippen molar-refractivity contribution in [1.82, 2.24) is 15.3 Å². The molecular weight excluding hydrogens is 278 g/mol. The summed E-state index contributed by atoms with van der Waals surface area (Å²) >= 11 is 1.23. The highest BCUT2D eigenvalue weighted by molar-refractivity contribution is 7.20. The first-order valence-electron chi connectivity index (χ1n) is 6.40. The molecule has 6 nitrogen and oxygen atoms in total. The molecule has 0 aliphatic heterocycles. The van der Waals surface area contributed by atoms with Gasteiger partial charge >= 0.3 is 0 Å². The van der Waals surface area contributed by atoms with E-state index in [0.717, 1.165) is 6.42 Å². The molecule has 0 aliphatic carbocycles. The fraction of sp³-hybridized carbons (Fsp3) is 0.462. The minimum atomic E-state index is -0.228. The number of aromatic amines is 1. The van der Waals surface area contributed by atoms with E-state index in [4.69, 9.17) is 4.74 Å². The van der Waals surface area contributed by atoms with Crippen molar-refractivity contribution in [3.63, 3.8) is 0 Å². The van der Waals surface area contributed by atoms with Crippen LogP contribution in [0.15, 0.2) is 4.79 Å². The molecule has 0 fully saturated rings. The predicted octanol–water partition coefficient (Wildman–Crippen LogP) is 1.58. The second kappa shape index (κ2) is 6.15. The Morgan fingerprint density at radius 3 is 2.90 bits per heavy atom. The fourth-order valence-electron chi connectivity index (χ4n) is 1.90. The summed E-state index contributed by atoms with van der Waals surface area (Å²) in [6, 6.07) is 0. The number of nitrogens with zero attached hydrogens (tertiary/aromatic N) is 1. The van der Waals surface area contributed by atoms with E-state index in [-0.39, 0.29) is 18.1 Å². The van der Waals surface area contributed by atoms with Crippen LogP contribution >= 0.6 is 11.3 Å². The SMILES string of the molecule is CCCOCc1nc2sc(C(=O)NC)c(C)c2c(=O)[nH]1. The summed E-state index contributed by atoms with van der Waals surface area (Å²) < 4.78 is 5.37. The number of aromatic nitrogens is 2. The summed E-state index contributed by atoms with van der Waals surface area (Å²) in [6.07, 6.45) is 0.908. The van der Waals surface area contributed by atoms with Crippen LogP contribution in [0.5, 0.6) is 0 Å². The monoisotopic (exact) mass is 295 g/mol. The van der Waals surface area contributed by atoms with E-state index in [0.29, 0.717) is 33.1 Å². The number of H-pyrrole nitrogens is 1. The number of carbonyl (C=O) groups is 1. The van der Waals surface area contributed by atoms with Crippen LogP contribution in [0.25, 0.3) is 10.2 Å². The van der Waals surface area contributed by atoms with Crippen LogP contribution < -0.4 is 10.9 Å². The van der Waals surface area contributed by atoms with E-state index in [1.165, 1.54) is 11.3 Å². The zero-order valence-corrected chi connectivity index (χ0v) is 12.5. The van der Waals surface area contributed by atoms with E-state index < -0.39 is 0 Å². The Labute approximate surface area is 120 Å². The number of carbonyl (C=O) groups excluding carboxylic acids is 1. The lowest BCUT2D eigenvalue weighted by Crippen LogP contribution is -2.17. The zero-order chi connectivity index (χ0) is 14.7. The van der Waals surface area contributed by atoms with Gasteiger partial charge in [-0.25, -0.2) is 4.98 Å². The molecule has 20 heavy (non-hydrogen) atoms. The molecule has 2 aromatic heterocycles. The lowest BCUT2D eigenvalue weighted by atomic mass is 10.2. The van der Waals surface area contributed by atoms with Gasteiger partial charge in [-0.05, 0) is 18.9 Å². The van der Waals surface area contributed by atoms with Crippen molar-refractivity contribution in [3.05, 3.63) is 26.6 Å². The van der Waals surface area contributed by atoms with E-state index in [9.17, 15) is 9.59 Å².